The molecule has 0 radical (unpaired) electrons. The number of hydrogen-bond donors (Lipinski definition) is 1. The second kappa shape index (κ2) is 8.98. The molecule has 1 N–H and O–H groups in total. The molecule has 0 bridgehead atoms. The Morgan fingerprint density at radius 3 is 3.00 bits per heavy atom. The highest BCUT2D eigenvalue weighted by Gasteiger charge is 2.15. The van der Waals surface area contributed by atoms with E-state index in [1.165, 1.54) is 23.9 Å². The van der Waals surface area contributed by atoms with Crippen LogP contribution in [0.1, 0.15) is 12.8 Å². The molecule has 1 aliphatic rings. The fraction of sp³-hybridized carbons (Fsp3) is 0.200. The smallest absolute Gasteiger partial charge is 0.282 e. The Morgan fingerprint density at radius 2 is 2.30 bits per heavy atom. The van der Waals surface area contributed by atoms with Crippen LogP contribution in [0, 0.1) is 10.1 Å². The van der Waals surface area contributed by atoms with Gasteiger partial charge in [-0.3, -0.25) is 10.1 Å². The zero-order valence-corrected chi connectivity index (χ0v) is 12.1. The number of nitro groups is 1. The van der Waals surface area contributed by atoms with E-state index < -0.39 is 4.92 Å². The van der Waals surface area contributed by atoms with Crippen LogP contribution in [0.15, 0.2) is 71.3 Å². The van der Waals surface area contributed by atoms with Gasteiger partial charge in [-0.25, -0.2) is 0 Å². The summed E-state index contributed by atoms with van der Waals surface area (Å²) in [5, 5.41) is 14.1. The molecule has 0 aromatic carbocycles. The summed E-state index contributed by atoms with van der Waals surface area (Å²) >= 11 is 1.26. The molecule has 20 heavy (non-hydrogen) atoms. The van der Waals surface area contributed by atoms with Gasteiger partial charge in [-0.05, 0) is 18.9 Å². The number of nitrogens with zero attached hydrogens (tertiary/aromatic N) is 1. The zero-order valence-electron chi connectivity index (χ0n) is 11.2. The molecular formula is C15H18N2O2S. The van der Waals surface area contributed by atoms with Gasteiger partial charge in [0.2, 0.25) is 0 Å². The van der Waals surface area contributed by atoms with E-state index in [0.717, 1.165) is 24.3 Å². The predicted octanol–water partition coefficient (Wildman–Crippen LogP) is 3.92. The van der Waals surface area contributed by atoms with Gasteiger partial charge in [0.15, 0.2) is 0 Å². The molecule has 0 spiro atoms. The van der Waals surface area contributed by atoms with E-state index in [1.54, 1.807) is 0 Å². The summed E-state index contributed by atoms with van der Waals surface area (Å²) in [6, 6.07) is 0. The normalized spacial score (nSPS) is 21.8. The van der Waals surface area contributed by atoms with Crippen LogP contribution in [-0.4, -0.2) is 11.5 Å². The minimum absolute atomic E-state index is 0.0352. The van der Waals surface area contributed by atoms with Gasteiger partial charge in [0.25, 0.3) is 5.70 Å². The topological polar surface area (TPSA) is 55.2 Å². The highest BCUT2D eigenvalue weighted by Crippen LogP contribution is 2.30. The first-order valence-corrected chi connectivity index (χ1v) is 7.08. The second-order valence-electron chi connectivity index (χ2n) is 4.00. The Kier molecular flexibility index (Phi) is 7.21. The van der Waals surface area contributed by atoms with Crippen molar-refractivity contribution in [3.8, 4) is 0 Å². The third-order valence-electron chi connectivity index (χ3n) is 2.44. The molecule has 5 heteroatoms. The zero-order chi connectivity index (χ0) is 14.8. The van der Waals surface area contributed by atoms with Crippen molar-refractivity contribution in [1.82, 2.24) is 5.32 Å². The third-order valence-corrected chi connectivity index (χ3v) is 3.39. The Morgan fingerprint density at radius 1 is 1.50 bits per heavy atom. The van der Waals surface area contributed by atoms with Crippen LogP contribution in [0.4, 0.5) is 0 Å². The molecule has 0 atom stereocenters. The van der Waals surface area contributed by atoms with Crippen LogP contribution in [0.2, 0.25) is 0 Å². The molecule has 4 nitrogen and oxygen atoms in total. The Balaban J connectivity index is 2.82. The maximum absolute atomic E-state index is 10.9. The lowest BCUT2D eigenvalue weighted by Crippen LogP contribution is -2.07. The maximum Gasteiger partial charge on any atom is 0.282 e. The molecule has 1 rings (SSSR count). The van der Waals surface area contributed by atoms with Gasteiger partial charge in [-0.15, -0.1) is 0 Å². The van der Waals surface area contributed by atoms with Crippen molar-refractivity contribution in [3.05, 3.63) is 81.4 Å². The van der Waals surface area contributed by atoms with Crippen LogP contribution in [-0.2, 0) is 0 Å². The summed E-state index contributed by atoms with van der Waals surface area (Å²) in [5.74, 6) is 0. The summed E-state index contributed by atoms with van der Waals surface area (Å²) in [6.45, 7) is 8.13. The number of thioether (sulfide) groups is 1. The van der Waals surface area contributed by atoms with Crippen molar-refractivity contribution in [1.29, 1.82) is 0 Å². The monoisotopic (exact) mass is 290 g/mol. The summed E-state index contributed by atoms with van der Waals surface area (Å²) < 4.78 is 0. The SMILES string of the molecule is C=C/C=C(\C(=C)SC1=C\NCCC/C=C/C=C\1)[N+](=O)[O-]. The third kappa shape index (κ3) is 5.75. The molecule has 0 aromatic heterocycles. The number of hydrogen-bond acceptors (Lipinski definition) is 4. The van der Waals surface area contributed by atoms with Crippen molar-refractivity contribution in [3.63, 3.8) is 0 Å². The summed E-state index contributed by atoms with van der Waals surface area (Å²) in [4.78, 5) is 11.8. The minimum Gasteiger partial charge on any atom is -0.390 e. The molecule has 0 aliphatic carbocycles. The van der Waals surface area contributed by atoms with Crippen molar-refractivity contribution in [2.75, 3.05) is 6.54 Å². The quantitative estimate of drug-likeness (QED) is 0.474. The minimum atomic E-state index is -0.450. The van der Waals surface area contributed by atoms with Crippen molar-refractivity contribution in [2.24, 2.45) is 0 Å². The molecular weight excluding hydrogens is 272 g/mol. The largest absolute Gasteiger partial charge is 0.390 e. The van der Waals surface area contributed by atoms with Gasteiger partial charge >= 0.3 is 0 Å². The standard InChI is InChI=1S/C15H18N2O2S/c1-3-9-15(17(18)19)13(2)20-14-10-7-5-4-6-8-11-16-12-14/h3-5,7,9-10,12,16H,1-2,6,8,11H2/b5-4+,10-7-,14-12-,15-9+. The van der Waals surface area contributed by atoms with Gasteiger partial charge in [0, 0.05) is 23.7 Å². The molecule has 0 unspecified atom stereocenters. The lowest BCUT2D eigenvalue weighted by atomic mass is 10.2. The van der Waals surface area contributed by atoms with Gasteiger partial charge in [-0.1, -0.05) is 49.2 Å². The van der Waals surface area contributed by atoms with Crippen molar-refractivity contribution < 1.29 is 4.92 Å². The van der Waals surface area contributed by atoms with Gasteiger partial charge < -0.3 is 5.32 Å². The van der Waals surface area contributed by atoms with Crippen molar-refractivity contribution >= 4 is 11.8 Å². The molecule has 0 fully saturated rings. The van der Waals surface area contributed by atoms with E-state index in [2.05, 4.69) is 24.6 Å². The fourth-order valence-electron chi connectivity index (χ4n) is 1.49. The fourth-order valence-corrected chi connectivity index (χ4v) is 2.31. The van der Waals surface area contributed by atoms with Crippen LogP contribution < -0.4 is 5.32 Å². The molecule has 0 saturated heterocycles. The lowest BCUT2D eigenvalue weighted by Gasteiger charge is -2.06. The van der Waals surface area contributed by atoms with Crippen LogP contribution in [0.3, 0.4) is 0 Å². The second-order valence-corrected chi connectivity index (χ2v) is 5.17. The molecule has 1 heterocycles. The first-order valence-electron chi connectivity index (χ1n) is 6.26. The summed E-state index contributed by atoms with van der Waals surface area (Å²) in [6.07, 6.45) is 14.6. The number of rotatable bonds is 5. The van der Waals surface area contributed by atoms with Crippen LogP contribution in [0.25, 0.3) is 0 Å². The Hall–Kier alpha value is -2.01. The average Bonchev–Trinajstić information content (AvgIpc) is 2.42. The number of nitrogens with one attached hydrogen (secondary N) is 1. The van der Waals surface area contributed by atoms with Crippen molar-refractivity contribution in [2.45, 2.75) is 12.8 Å². The van der Waals surface area contributed by atoms with Gasteiger partial charge in [0.1, 0.15) is 0 Å². The summed E-state index contributed by atoms with van der Waals surface area (Å²) in [7, 11) is 0. The van der Waals surface area contributed by atoms with E-state index in [1.807, 2.05) is 24.4 Å². The van der Waals surface area contributed by atoms with E-state index in [-0.39, 0.29) is 5.70 Å². The van der Waals surface area contributed by atoms with Gasteiger partial charge in [0.05, 0.1) is 9.83 Å². The summed E-state index contributed by atoms with van der Waals surface area (Å²) in [5.41, 5.74) is -0.0352. The van der Waals surface area contributed by atoms with Crippen LogP contribution >= 0.6 is 11.8 Å². The maximum atomic E-state index is 10.9. The van der Waals surface area contributed by atoms with Gasteiger partial charge in [-0.2, -0.15) is 0 Å². The average molecular weight is 290 g/mol. The number of allylic oxidation sites excluding steroid dienone is 6. The van der Waals surface area contributed by atoms with Crippen LogP contribution in [0.5, 0.6) is 0 Å². The van der Waals surface area contributed by atoms with E-state index in [9.17, 15) is 10.1 Å². The highest BCUT2D eigenvalue weighted by atomic mass is 32.2. The van der Waals surface area contributed by atoms with E-state index >= 15 is 0 Å². The first-order chi connectivity index (χ1) is 9.65. The lowest BCUT2D eigenvalue weighted by molar-refractivity contribution is -0.419. The first kappa shape index (κ1) is 16.0. The molecule has 0 aromatic rings. The molecule has 106 valence electrons. The van der Waals surface area contributed by atoms with E-state index in [4.69, 9.17) is 0 Å². The Labute approximate surface area is 123 Å². The van der Waals surface area contributed by atoms with E-state index in [0.29, 0.717) is 4.91 Å². The molecule has 1 aliphatic heterocycles. The Bertz CT molecular complexity index is 502. The molecule has 0 amide bonds. The highest BCUT2D eigenvalue weighted by molar-refractivity contribution is 8.07. The molecule has 0 saturated carbocycles. The predicted molar refractivity (Wildman–Crippen MR) is 85.6 cm³/mol.